The van der Waals surface area contributed by atoms with Crippen LogP contribution >= 0.6 is 0 Å². The predicted molar refractivity (Wildman–Crippen MR) is 60.7 cm³/mol. The Morgan fingerprint density at radius 1 is 1.31 bits per heavy atom. The molecule has 1 N–H and O–H groups in total. The van der Waals surface area contributed by atoms with Crippen LogP contribution in [0.4, 0.5) is 0 Å². The topological polar surface area (TPSA) is 73.2 Å². The smallest absolute Gasteiger partial charge is 0.153 e. The van der Waals surface area contributed by atoms with E-state index in [2.05, 4.69) is 16.3 Å². The monoisotopic (exact) mass is 243 g/mol. The Kier molecular flexibility index (Phi) is 3.19. The molecule has 6 heteroatoms. The Hall–Kier alpha value is -0.640. The summed E-state index contributed by atoms with van der Waals surface area (Å²) in [6.07, 6.45) is 1.44. The van der Waals surface area contributed by atoms with Gasteiger partial charge in [0, 0.05) is 19.6 Å². The van der Waals surface area contributed by atoms with E-state index in [4.69, 9.17) is 0 Å². The maximum absolute atomic E-state index is 11.5. The van der Waals surface area contributed by atoms with Crippen molar-refractivity contribution in [3.63, 3.8) is 0 Å². The fourth-order valence-corrected chi connectivity index (χ4v) is 4.43. The third-order valence-corrected chi connectivity index (χ3v) is 5.18. The van der Waals surface area contributed by atoms with Gasteiger partial charge in [-0.25, -0.2) is 8.42 Å². The Balaban J connectivity index is 2.19. The number of sulfone groups is 1. The molecule has 0 bridgehead atoms. The molecule has 0 saturated carbocycles. The number of hydrogen-bond acceptors (Lipinski definition) is 5. The lowest BCUT2D eigenvalue weighted by atomic mass is 9.98. The quantitative estimate of drug-likeness (QED) is 0.663. The zero-order valence-electron chi connectivity index (χ0n) is 9.28. The second kappa shape index (κ2) is 4.32. The fraction of sp³-hybridized carbons (Fsp3) is 0.900. The van der Waals surface area contributed by atoms with Crippen molar-refractivity contribution >= 4 is 9.84 Å². The van der Waals surface area contributed by atoms with Crippen molar-refractivity contribution in [2.24, 2.45) is 0 Å². The van der Waals surface area contributed by atoms with Gasteiger partial charge in [0.05, 0.1) is 17.6 Å². The summed E-state index contributed by atoms with van der Waals surface area (Å²) in [5.41, 5.74) is -0.759. The van der Waals surface area contributed by atoms with Crippen LogP contribution in [0.1, 0.15) is 12.8 Å². The second-order valence-electron chi connectivity index (χ2n) is 4.58. The number of nitrogens with one attached hydrogen (secondary N) is 1. The highest BCUT2D eigenvalue weighted by molar-refractivity contribution is 7.91. The fourth-order valence-electron chi connectivity index (χ4n) is 2.51. The largest absolute Gasteiger partial charge is 0.315 e. The third-order valence-electron chi connectivity index (χ3n) is 3.44. The summed E-state index contributed by atoms with van der Waals surface area (Å²) >= 11 is 0. The Morgan fingerprint density at radius 3 is 2.75 bits per heavy atom. The maximum Gasteiger partial charge on any atom is 0.153 e. The van der Waals surface area contributed by atoms with Gasteiger partial charge in [-0.3, -0.25) is 4.90 Å². The number of nitrogens with zero attached hydrogens (tertiary/aromatic N) is 2. The average Bonchev–Trinajstić information content (AvgIpc) is 2.47. The van der Waals surface area contributed by atoms with Gasteiger partial charge in [0.15, 0.2) is 9.84 Å². The van der Waals surface area contributed by atoms with Crippen LogP contribution < -0.4 is 5.32 Å². The van der Waals surface area contributed by atoms with Gasteiger partial charge in [-0.1, -0.05) is 0 Å². The summed E-state index contributed by atoms with van der Waals surface area (Å²) in [7, 11) is -3.01. The molecule has 2 saturated heterocycles. The maximum atomic E-state index is 11.5. The van der Waals surface area contributed by atoms with E-state index in [0.717, 1.165) is 32.6 Å². The molecule has 0 aromatic heterocycles. The molecule has 5 nitrogen and oxygen atoms in total. The molecule has 2 aliphatic rings. The van der Waals surface area contributed by atoms with Crippen molar-refractivity contribution in [2.45, 2.75) is 18.4 Å². The first-order chi connectivity index (χ1) is 7.58. The Labute approximate surface area is 96.3 Å². The SMILES string of the molecule is N#CC1(N2CCCNCC2)CCS(=O)(=O)C1. The molecule has 16 heavy (non-hydrogen) atoms. The van der Waals surface area contributed by atoms with Crippen LogP contribution in [0.5, 0.6) is 0 Å². The molecular formula is C10H17N3O2S. The molecule has 0 radical (unpaired) electrons. The first-order valence-electron chi connectivity index (χ1n) is 5.65. The lowest BCUT2D eigenvalue weighted by Gasteiger charge is -2.33. The molecule has 0 spiro atoms. The van der Waals surface area contributed by atoms with Gasteiger partial charge < -0.3 is 5.32 Å². The molecule has 1 atom stereocenters. The minimum Gasteiger partial charge on any atom is -0.315 e. The van der Waals surface area contributed by atoms with E-state index in [1.807, 2.05) is 0 Å². The molecule has 2 fully saturated rings. The summed E-state index contributed by atoms with van der Waals surface area (Å²) in [4.78, 5) is 2.05. The summed E-state index contributed by atoms with van der Waals surface area (Å²) in [5, 5.41) is 12.6. The molecule has 0 aromatic rings. The van der Waals surface area contributed by atoms with Gasteiger partial charge in [-0.05, 0) is 19.4 Å². The van der Waals surface area contributed by atoms with Crippen LogP contribution in [0.2, 0.25) is 0 Å². The Morgan fingerprint density at radius 2 is 2.12 bits per heavy atom. The van der Waals surface area contributed by atoms with Crippen molar-refractivity contribution in [3.05, 3.63) is 0 Å². The number of rotatable bonds is 1. The van der Waals surface area contributed by atoms with E-state index in [0.29, 0.717) is 6.42 Å². The van der Waals surface area contributed by atoms with E-state index in [-0.39, 0.29) is 11.5 Å². The summed E-state index contributed by atoms with van der Waals surface area (Å²) in [5.74, 6) is 0.168. The zero-order valence-corrected chi connectivity index (χ0v) is 10.1. The molecule has 2 heterocycles. The van der Waals surface area contributed by atoms with E-state index >= 15 is 0 Å². The molecule has 0 amide bonds. The number of hydrogen-bond donors (Lipinski definition) is 1. The van der Waals surface area contributed by atoms with Gasteiger partial charge in [0.25, 0.3) is 0 Å². The van der Waals surface area contributed by atoms with Crippen LogP contribution in [-0.4, -0.2) is 56.5 Å². The molecule has 0 aromatic carbocycles. The van der Waals surface area contributed by atoms with Crippen LogP contribution in [-0.2, 0) is 9.84 Å². The summed E-state index contributed by atoms with van der Waals surface area (Å²) in [6, 6.07) is 2.25. The molecule has 1 unspecified atom stereocenters. The van der Waals surface area contributed by atoms with Crippen LogP contribution in [0.15, 0.2) is 0 Å². The van der Waals surface area contributed by atoms with Gasteiger partial charge in [0.1, 0.15) is 5.54 Å². The highest BCUT2D eigenvalue weighted by atomic mass is 32.2. The lowest BCUT2D eigenvalue weighted by molar-refractivity contribution is 0.168. The summed E-state index contributed by atoms with van der Waals surface area (Å²) < 4.78 is 23.1. The minimum absolute atomic E-state index is 0.0104. The Bertz CT molecular complexity index is 393. The lowest BCUT2D eigenvalue weighted by Crippen LogP contribution is -2.50. The van der Waals surface area contributed by atoms with Crippen molar-refractivity contribution in [3.8, 4) is 6.07 Å². The standard InChI is InChI=1S/C10H17N3O2S/c11-8-10(2-7-16(14,15)9-10)13-5-1-3-12-4-6-13/h12H,1-7,9H2. The molecule has 0 aliphatic carbocycles. The molecule has 2 aliphatic heterocycles. The third kappa shape index (κ3) is 2.21. The van der Waals surface area contributed by atoms with Crippen LogP contribution in [0, 0.1) is 11.3 Å². The molecule has 2 rings (SSSR count). The average molecular weight is 243 g/mol. The van der Waals surface area contributed by atoms with Crippen LogP contribution in [0.25, 0.3) is 0 Å². The van der Waals surface area contributed by atoms with Gasteiger partial charge >= 0.3 is 0 Å². The normalized spacial score (nSPS) is 35.4. The zero-order chi connectivity index (χ0) is 11.6. The van der Waals surface area contributed by atoms with Gasteiger partial charge in [-0.2, -0.15) is 5.26 Å². The van der Waals surface area contributed by atoms with Crippen molar-refractivity contribution in [1.82, 2.24) is 10.2 Å². The van der Waals surface area contributed by atoms with E-state index < -0.39 is 15.4 Å². The van der Waals surface area contributed by atoms with E-state index in [1.165, 1.54) is 0 Å². The van der Waals surface area contributed by atoms with Gasteiger partial charge in [0.2, 0.25) is 0 Å². The van der Waals surface area contributed by atoms with Crippen molar-refractivity contribution in [2.75, 3.05) is 37.7 Å². The van der Waals surface area contributed by atoms with Crippen LogP contribution in [0.3, 0.4) is 0 Å². The van der Waals surface area contributed by atoms with E-state index in [1.54, 1.807) is 0 Å². The molecular weight excluding hydrogens is 226 g/mol. The van der Waals surface area contributed by atoms with Crippen molar-refractivity contribution in [1.29, 1.82) is 5.26 Å². The molecule has 90 valence electrons. The highest BCUT2D eigenvalue weighted by Gasteiger charge is 2.46. The highest BCUT2D eigenvalue weighted by Crippen LogP contribution is 2.29. The number of nitriles is 1. The first kappa shape index (κ1) is 11.8. The summed E-state index contributed by atoms with van der Waals surface area (Å²) in [6.45, 7) is 3.37. The predicted octanol–water partition coefficient (Wildman–Crippen LogP) is -0.637. The first-order valence-corrected chi connectivity index (χ1v) is 7.48. The second-order valence-corrected chi connectivity index (χ2v) is 6.76. The minimum atomic E-state index is -3.01. The van der Waals surface area contributed by atoms with E-state index in [9.17, 15) is 13.7 Å². The van der Waals surface area contributed by atoms with Gasteiger partial charge in [-0.15, -0.1) is 0 Å². The van der Waals surface area contributed by atoms with Crippen molar-refractivity contribution < 1.29 is 8.42 Å².